The first-order valence-electron chi connectivity index (χ1n) is 10.0. The maximum atomic E-state index is 12.8. The Kier molecular flexibility index (Phi) is 6.67. The maximum absolute atomic E-state index is 12.8. The van der Waals surface area contributed by atoms with Crippen LogP contribution in [0.3, 0.4) is 0 Å². The van der Waals surface area contributed by atoms with Crippen LogP contribution in [0.25, 0.3) is 0 Å². The molecule has 2 aromatic carbocycles. The Bertz CT molecular complexity index is 1030. The number of nitrogens with one attached hydrogen (secondary N) is 1. The van der Waals surface area contributed by atoms with Gasteiger partial charge in [-0.1, -0.05) is 18.2 Å². The highest BCUT2D eigenvalue weighted by molar-refractivity contribution is 5.86. The normalized spacial score (nSPS) is 19.6. The molecule has 0 saturated heterocycles. The van der Waals surface area contributed by atoms with E-state index in [9.17, 15) is 25.1 Å². The van der Waals surface area contributed by atoms with Crippen LogP contribution in [0.2, 0.25) is 0 Å². The van der Waals surface area contributed by atoms with Crippen molar-refractivity contribution in [3.05, 3.63) is 59.7 Å². The number of hydrogen-bond donors (Lipinski definition) is 4. The summed E-state index contributed by atoms with van der Waals surface area (Å²) in [7, 11) is 0. The lowest BCUT2D eigenvalue weighted by Gasteiger charge is -2.47. The van der Waals surface area contributed by atoms with E-state index in [0.29, 0.717) is 22.6 Å². The van der Waals surface area contributed by atoms with Gasteiger partial charge in [0.15, 0.2) is 0 Å². The summed E-state index contributed by atoms with van der Waals surface area (Å²) in [5.74, 6) is -1.53. The van der Waals surface area contributed by atoms with E-state index < -0.39 is 42.3 Å². The van der Waals surface area contributed by atoms with Gasteiger partial charge in [0, 0.05) is 11.3 Å². The van der Waals surface area contributed by atoms with Gasteiger partial charge in [-0.05, 0) is 44.2 Å². The van der Waals surface area contributed by atoms with Crippen molar-refractivity contribution in [2.24, 2.45) is 0 Å². The zero-order valence-corrected chi connectivity index (χ0v) is 17.7. The molecule has 2 aromatic rings. The predicted octanol–water partition coefficient (Wildman–Crippen LogP) is 1.20. The average molecular weight is 439 g/mol. The van der Waals surface area contributed by atoms with Crippen LogP contribution in [-0.4, -0.2) is 58.1 Å². The van der Waals surface area contributed by atoms with Gasteiger partial charge in [-0.2, -0.15) is 5.26 Å². The number of carboxylic acid groups (broad SMARTS) is 1. The number of benzene rings is 2. The number of rotatable bonds is 7. The minimum absolute atomic E-state index is 0.304. The highest BCUT2D eigenvalue weighted by Crippen LogP contribution is 2.44. The molecule has 32 heavy (non-hydrogen) atoms. The van der Waals surface area contributed by atoms with Crippen LogP contribution in [-0.2, 0) is 9.59 Å². The number of carbonyl (C=O) groups excluding carboxylic acids is 1. The topological polar surface area (TPSA) is 143 Å². The quantitative estimate of drug-likeness (QED) is 0.504. The second kappa shape index (κ2) is 9.26. The van der Waals surface area contributed by atoms with Crippen molar-refractivity contribution in [2.75, 3.05) is 18.1 Å². The highest BCUT2D eigenvalue weighted by Gasteiger charge is 2.46. The van der Waals surface area contributed by atoms with Crippen molar-refractivity contribution >= 4 is 17.6 Å². The number of ether oxygens (including phenoxy) is 1. The van der Waals surface area contributed by atoms with Gasteiger partial charge < -0.3 is 30.3 Å². The van der Waals surface area contributed by atoms with E-state index in [2.05, 4.69) is 11.4 Å². The van der Waals surface area contributed by atoms with Crippen LogP contribution >= 0.6 is 0 Å². The molecule has 1 aliphatic heterocycles. The van der Waals surface area contributed by atoms with E-state index in [-0.39, 0.29) is 6.54 Å². The van der Waals surface area contributed by atoms with Gasteiger partial charge >= 0.3 is 5.97 Å². The molecule has 9 heteroatoms. The van der Waals surface area contributed by atoms with Crippen LogP contribution < -0.4 is 15.0 Å². The minimum Gasteiger partial charge on any atom is -0.485 e. The molecule has 9 nitrogen and oxygen atoms in total. The molecule has 3 rings (SSSR count). The number of amides is 1. The number of carbonyl (C=O) groups is 2. The Hall–Kier alpha value is -3.61. The molecule has 1 amide bonds. The number of aliphatic hydroxyl groups is 2. The minimum atomic E-state index is -1.45. The van der Waals surface area contributed by atoms with Crippen molar-refractivity contribution in [2.45, 2.75) is 37.6 Å². The van der Waals surface area contributed by atoms with E-state index in [4.69, 9.17) is 9.84 Å². The van der Waals surface area contributed by atoms with E-state index in [1.165, 1.54) is 0 Å². The van der Waals surface area contributed by atoms with Crippen LogP contribution in [0, 0.1) is 11.3 Å². The standard InChI is InChI=1S/C23H25N3O6/c1-23(2)21(29)20(16-10-14(11-24)8-9-18(16)32-23)26(15-6-4-3-5-7-15)12-19(28)25-17(13-27)22(30)31/h3-10,17,20-21,27,29H,12-13H2,1-2H3,(H,25,28)(H,30,31)/t17-,20?,21+/m0/s1. The van der Waals surface area contributed by atoms with Gasteiger partial charge in [0.05, 0.1) is 30.8 Å². The first kappa shape index (κ1) is 23.1. The zero-order valence-electron chi connectivity index (χ0n) is 17.7. The first-order valence-corrected chi connectivity index (χ1v) is 10.0. The molecule has 0 saturated carbocycles. The summed E-state index contributed by atoms with van der Waals surface area (Å²) in [5, 5.41) is 41.3. The predicted molar refractivity (Wildman–Crippen MR) is 115 cm³/mol. The summed E-state index contributed by atoms with van der Waals surface area (Å²) in [4.78, 5) is 25.6. The Morgan fingerprint density at radius 3 is 2.53 bits per heavy atom. The van der Waals surface area contributed by atoms with Crippen molar-refractivity contribution in [3.8, 4) is 11.8 Å². The molecule has 1 heterocycles. The van der Waals surface area contributed by atoms with Crippen LogP contribution in [0.15, 0.2) is 48.5 Å². The van der Waals surface area contributed by atoms with Crippen molar-refractivity contribution in [1.82, 2.24) is 5.32 Å². The number of fused-ring (bicyclic) bond motifs is 1. The smallest absolute Gasteiger partial charge is 0.328 e. The third-order valence-electron chi connectivity index (χ3n) is 5.40. The second-order valence-corrected chi connectivity index (χ2v) is 8.06. The fourth-order valence-corrected chi connectivity index (χ4v) is 3.72. The van der Waals surface area contributed by atoms with Gasteiger partial charge in [-0.25, -0.2) is 4.79 Å². The van der Waals surface area contributed by atoms with Crippen molar-refractivity contribution in [3.63, 3.8) is 0 Å². The molecule has 1 unspecified atom stereocenters. The molecule has 4 N–H and O–H groups in total. The molecular weight excluding hydrogens is 414 g/mol. The largest absolute Gasteiger partial charge is 0.485 e. The number of aliphatic hydroxyl groups excluding tert-OH is 2. The number of nitrogens with zero attached hydrogens (tertiary/aromatic N) is 2. The summed E-state index contributed by atoms with van der Waals surface area (Å²) in [5.41, 5.74) is 0.496. The fraction of sp³-hybridized carbons (Fsp3) is 0.348. The molecule has 0 aromatic heterocycles. The lowest BCUT2D eigenvalue weighted by Crippen LogP contribution is -2.56. The van der Waals surface area contributed by atoms with E-state index in [1.54, 1.807) is 67.3 Å². The molecular formula is C23H25N3O6. The van der Waals surface area contributed by atoms with Gasteiger partial charge in [0.1, 0.15) is 23.5 Å². The summed E-state index contributed by atoms with van der Waals surface area (Å²) in [6, 6.07) is 13.6. The molecule has 0 radical (unpaired) electrons. The van der Waals surface area contributed by atoms with Crippen LogP contribution in [0.4, 0.5) is 5.69 Å². The van der Waals surface area contributed by atoms with Crippen molar-refractivity contribution in [1.29, 1.82) is 5.26 Å². The third-order valence-corrected chi connectivity index (χ3v) is 5.40. The zero-order chi connectivity index (χ0) is 23.5. The van der Waals surface area contributed by atoms with Crippen molar-refractivity contribution < 1.29 is 29.6 Å². The van der Waals surface area contributed by atoms with Crippen LogP contribution in [0.5, 0.6) is 5.75 Å². The van der Waals surface area contributed by atoms with E-state index in [0.717, 1.165) is 0 Å². The Labute approximate surface area is 185 Å². The molecule has 3 atom stereocenters. The van der Waals surface area contributed by atoms with Gasteiger partial charge in [-0.3, -0.25) is 4.79 Å². The first-order chi connectivity index (χ1) is 15.2. The second-order valence-electron chi connectivity index (χ2n) is 8.06. The number of carboxylic acids is 1. The van der Waals surface area contributed by atoms with E-state index in [1.807, 2.05) is 0 Å². The van der Waals surface area contributed by atoms with Crippen LogP contribution in [0.1, 0.15) is 31.0 Å². The monoisotopic (exact) mass is 439 g/mol. The molecule has 168 valence electrons. The summed E-state index contributed by atoms with van der Waals surface area (Å²) in [6.07, 6.45) is -1.09. The average Bonchev–Trinajstić information content (AvgIpc) is 2.77. The summed E-state index contributed by atoms with van der Waals surface area (Å²) in [6.45, 7) is 2.39. The number of para-hydroxylation sites is 1. The third kappa shape index (κ3) is 4.66. The SMILES string of the molecule is CC1(C)Oc2ccc(C#N)cc2C(N(CC(=O)N[C@@H](CO)C(=O)O)c2ccccc2)[C@H]1O. The van der Waals surface area contributed by atoms with Gasteiger partial charge in [0.25, 0.3) is 0 Å². The molecule has 0 bridgehead atoms. The fourth-order valence-electron chi connectivity index (χ4n) is 3.72. The lowest BCUT2D eigenvalue weighted by atomic mass is 9.84. The highest BCUT2D eigenvalue weighted by atomic mass is 16.5. The van der Waals surface area contributed by atoms with Gasteiger partial charge in [0.2, 0.25) is 5.91 Å². The molecule has 0 spiro atoms. The lowest BCUT2D eigenvalue weighted by molar-refractivity contribution is -0.142. The molecule has 0 aliphatic carbocycles. The summed E-state index contributed by atoms with van der Waals surface area (Å²) < 4.78 is 5.97. The molecule has 0 fully saturated rings. The van der Waals surface area contributed by atoms with E-state index >= 15 is 0 Å². The Balaban J connectivity index is 2.07. The Morgan fingerprint density at radius 2 is 1.94 bits per heavy atom. The van der Waals surface area contributed by atoms with Gasteiger partial charge in [-0.15, -0.1) is 0 Å². The maximum Gasteiger partial charge on any atom is 0.328 e. The molecule has 1 aliphatic rings. The Morgan fingerprint density at radius 1 is 1.25 bits per heavy atom. The number of anilines is 1. The summed E-state index contributed by atoms with van der Waals surface area (Å²) >= 11 is 0. The number of nitriles is 1. The number of aliphatic carboxylic acids is 1. The number of hydrogen-bond acceptors (Lipinski definition) is 7.